The number of esters is 1. The maximum absolute atomic E-state index is 11.7. The first-order valence-corrected chi connectivity index (χ1v) is 9.06. The fourth-order valence-electron chi connectivity index (χ4n) is 2.51. The molecule has 0 aromatic heterocycles. The van der Waals surface area contributed by atoms with Gasteiger partial charge in [-0.25, -0.2) is 4.79 Å². The van der Waals surface area contributed by atoms with E-state index in [0.717, 1.165) is 5.56 Å². The summed E-state index contributed by atoms with van der Waals surface area (Å²) in [4.78, 5) is 11.7. The van der Waals surface area contributed by atoms with E-state index in [2.05, 4.69) is 0 Å². The van der Waals surface area contributed by atoms with Crippen LogP contribution in [0.4, 0.5) is 0 Å². The Kier molecular flexibility index (Phi) is 7.74. The van der Waals surface area contributed by atoms with Gasteiger partial charge in [-0.3, -0.25) is 0 Å². The van der Waals surface area contributed by atoms with E-state index in [1.807, 2.05) is 43.3 Å². The molecule has 0 bridgehead atoms. The van der Waals surface area contributed by atoms with Crippen LogP contribution in [0, 0.1) is 0 Å². The van der Waals surface area contributed by atoms with Gasteiger partial charge in [-0.05, 0) is 38.5 Å². The number of ether oxygens (including phenoxy) is 4. The molecule has 0 spiro atoms. The van der Waals surface area contributed by atoms with Crippen LogP contribution in [0.15, 0.2) is 54.6 Å². The van der Waals surface area contributed by atoms with E-state index in [9.17, 15) is 9.90 Å². The molecule has 3 atom stereocenters. The molecule has 2 rings (SSSR count). The number of benzene rings is 1. The fraction of sp³-hybridized carbons (Fsp3) is 0.476. The van der Waals surface area contributed by atoms with Gasteiger partial charge < -0.3 is 24.1 Å². The standard InChI is InChI=1S/C21H28O6/c1-4-24-19(23)11-13-21(26-16-20(3,15-22)27-21)12-10-17(2)25-14-18-8-6-5-7-9-18/h5-13,17,22H,4,14-16H2,1-3H3/b12-10+,13-11+/t17?,20-,21-/m0/s1. The number of aliphatic hydroxyl groups excluding tert-OH is 1. The molecule has 27 heavy (non-hydrogen) atoms. The lowest BCUT2D eigenvalue weighted by atomic mass is 10.1. The van der Waals surface area contributed by atoms with Crippen LogP contribution in [0.1, 0.15) is 26.3 Å². The Labute approximate surface area is 160 Å². The first-order chi connectivity index (χ1) is 12.9. The second-order valence-corrected chi connectivity index (χ2v) is 6.67. The van der Waals surface area contributed by atoms with Gasteiger partial charge in [0, 0.05) is 6.08 Å². The molecule has 1 unspecified atom stereocenters. The molecule has 6 nitrogen and oxygen atoms in total. The molecule has 0 radical (unpaired) electrons. The van der Waals surface area contributed by atoms with Crippen molar-refractivity contribution in [1.29, 1.82) is 0 Å². The average Bonchev–Trinajstić information content (AvgIpc) is 3.02. The van der Waals surface area contributed by atoms with Crippen LogP contribution >= 0.6 is 0 Å². The summed E-state index contributed by atoms with van der Waals surface area (Å²) in [6.45, 7) is 6.15. The van der Waals surface area contributed by atoms with Crippen molar-refractivity contribution in [2.45, 2.75) is 44.9 Å². The molecular formula is C21H28O6. The van der Waals surface area contributed by atoms with E-state index in [1.54, 1.807) is 19.9 Å². The van der Waals surface area contributed by atoms with E-state index in [-0.39, 0.29) is 25.9 Å². The van der Waals surface area contributed by atoms with Crippen molar-refractivity contribution in [3.8, 4) is 0 Å². The number of carbonyl (C=O) groups is 1. The molecular weight excluding hydrogens is 348 g/mol. The lowest BCUT2D eigenvalue weighted by Gasteiger charge is -2.25. The first-order valence-electron chi connectivity index (χ1n) is 9.06. The maximum Gasteiger partial charge on any atom is 0.330 e. The van der Waals surface area contributed by atoms with E-state index in [0.29, 0.717) is 6.61 Å². The molecule has 6 heteroatoms. The molecule has 1 N–H and O–H groups in total. The van der Waals surface area contributed by atoms with Crippen LogP contribution < -0.4 is 0 Å². The summed E-state index contributed by atoms with van der Waals surface area (Å²) in [6, 6.07) is 9.87. The van der Waals surface area contributed by atoms with Gasteiger partial charge in [0.05, 0.1) is 32.5 Å². The van der Waals surface area contributed by atoms with Gasteiger partial charge >= 0.3 is 5.97 Å². The minimum absolute atomic E-state index is 0.195. The number of hydrogen-bond acceptors (Lipinski definition) is 6. The third kappa shape index (κ3) is 6.59. The van der Waals surface area contributed by atoms with E-state index >= 15 is 0 Å². The Balaban J connectivity index is 2.04. The Morgan fingerprint density at radius 1 is 1.33 bits per heavy atom. The summed E-state index contributed by atoms with van der Waals surface area (Å²) < 4.78 is 22.4. The largest absolute Gasteiger partial charge is 0.463 e. The van der Waals surface area contributed by atoms with Crippen LogP contribution in [-0.2, 0) is 30.3 Å². The quantitative estimate of drug-likeness (QED) is 0.406. The molecule has 1 aromatic carbocycles. The van der Waals surface area contributed by atoms with Gasteiger partial charge in [0.25, 0.3) is 0 Å². The van der Waals surface area contributed by atoms with Crippen molar-refractivity contribution in [3.63, 3.8) is 0 Å². The van der Waals surface area contributed by atoms with Gasteiger partial charge in [0.2, 0.25) is 5.79 Å². The van der Waals surface area contributed by atoms with Gasteiger partial charge in [-0.1, -0.05) is 36.4 Å². The lowest BCUT2D eigenvalue weighted by molar-refractivity contribution is -0.138. The highest BCUT2D eigenvalue weighted by atomic mass is 16.8. The SMILES string of the molecule is CCOC(=O)/C=C/[C@@]1(/C=C/C(C)OCc2ccccc2)OC[C@](C)(CO)O1. The zero-order valence-corrected chi connectivity index (χ0v) is 16.1. The summed E-state index contributed by atoms with van der Waals surface area (Å²) >= 11 is 0. The van der Waals surface area contributed by atoms with Crippen molar-refractivity contribution in [2.75, 3.05) is 19.8 Å². The maximum atomic E-state index is 11.7. The number of aliphatic hydroxyl groups is 1. The predicted molar refractivity (Wildman–Crippen MR) is 101 cm³/mol. The zero-order chi connectivity index (χ0) is 19.8. The minimum atomic E-state index is -1.26. The molecule has 1 aliphatic rings. The fourth-order valence-corrected chi connectivity index (χ4v) is 2.51. The summed E-state index contributed by atoms with van der Waals surface area (Å²) in [5, 5.41) is 9.54. The highest BCUT2D eigenvalue weighted by Crippen LogP contribution is 2.33. The van der Waals surface area contributed by atoms with E-state index < -0.39 is 17.4 Å². The summed E-state index contributed by atoms with van der Waals surface area (Å²) in [5.41, 5.74) is 0.230. The van der Waals surface area contributed by atoms with E-state index in [1.165, 1.54) is 12.2 Å². The van der Waals surface area contributed by atoms with Gasteiger partial charge in [-0.15, -0.1) is 0 Å². The molecule has 1 heterocycles. The van der Waals surface area contributed by atoms with Gasteiger partial charge in [0.15, 0.2) is 0 Å². The third-order valence-corrected chi connectivity index (χ3v) is 4.04. The Morgan fingerprint density at radius 3 is 2.70 bits per heavy atom. The summed E-state index contributed by atoms with van der Waals surface area (Å²) in [5.74, 6) is -1.74. The van der Waals surface area contributed by atoms with Crippen molar-refractivity contribution < 1.29 is 28.8 Å². The number of hydrogen-bond donors (Lipinski definition) is 1. The predicted octanol–water partition coefficient (Wildman–Crippen LogP) is 2.76. The lowest BCUT2D eigenvalue weighted by Crippen LogP contribution is -2.35. The molecule has 1 saturated heterocycles. The monoisotopic (exact) mass is 376 g/mol. The topological polar surface area (TPSA) is 74.2 Å². The number of rotatable bonds is 9. The van der Waals surface area contributed by atoms with Crippen molar-refractivity contribution in [1.82, 2.24) is 0 Å². The second-order valence-electron chi connectivity index (χ2n) is 6.67. The molecule has 1 fully saturated rings. The first kappa shape index (κ1) is 21.3. The normalized spacial score (nSPS) is 26.7. The summed E-state index contributed by atoms with van der Waals surface area (Å²) in [7, 11) is 0. The second kappa shape index (κ2) is 9.80. The Morgan fingerprint density at radius 2 is 2.07 bits per heavy atom. The van der Waals surface area contributed by atoms with Crippen molar-refractivity contribution in [2.24, 2.45) is 0 Å². The average molecular weight is 376 g/mol. The molecule has 0 saturated carbocycles. The van der Waals surface area contributed by atoms with Crippen LogP contribution in [0.5, 0.6) is 0 Å². The van der Waals surface area contributed by atoms with Gasteiger partial charge in [-0.2, -0.15) is 0 Å². The van der Waals surface area contributed by atoms with Gasteiger partial charge in [0.1, 0.15) is 5.60 Å². The van der Waals surface area contributed by atoms with Crippen molar-refractivity contribution in [3.05, 3.63) is 60.2 Å². The number of carbonyl (C=O) groups excluding carboxylic acids is 1. The zero-order valence-electron chi connectivity index (χ0n) is 16.1. The van der Waals surface area contributed by atoms with Crippen LogP contribution in [-0.4, -0.2) is 48.4 Å². The third-order valence-electron chi connectivity index (χ3n) is 4.04. The van der Waals surface area contributed by atoms with Crippen LogP contribution in [0.3, 0.4) is 0 Å². The van der Waals surface area contributed by atoms with E-state index in [4.69, 9.17) is 18.9 Å². The highest BCUT2D eigenvalue weighted by Gasteiger charge is 2.45. The smallest absolute Gasteiger partial charge is 0.330 e. The van der Waals surface area contributed by atoms with Crippen LogP contribution in [0.25, 0.3) is 0 Å². The Hall–Kier alpha value is -1.99. The molecule has 0 aliphatic carbocycles. The molecule has 0 amide bonds. The summed E-state index contributed by atoms with van der Waals surface area (Å²) in [6.07, 6.45) is 6.06. The Bertz CT molecular complexity index is 656. The molecule has 1 aliphatic heterocycles. The van der Waals surface area contributed by atoms with Crippen molar-refractivity contribution >= 4 is 5.97 Å². The molecule has 1 aromatic rings. The highest BCUT2D eigenvalue weighted by molar-refractivity contribution is 5.82. The minimum Gasteiger partial charge on any atom is -0.463 e. The molecule has 148 valence electrons. The van der Waals surface area contributed by atoms with Crippen LogP contribution in [0.2, 0.25) is 0 Å².